The number of nitrogens with one attached hydrogen (secondary N) is 1. The number of nitrogens with two attached hydrogens (primary N) is 1. The SMILES string of the molecule is CCOC1CC(N)C1Nc1cc(C)ncc1OC. The van der Waals surface area contributed by atoms with Crippen LogP contribution in [0.5, 0.6) is 5.75 Å². The molecule has 3 unspecified atom stereocenters. The topological polar surface area (TPSA) is 69.4 Å². The van der Waals surface area contributed by atoms with Crippen molar-refractivity contribution < 1.29 is 9.47 Å². The minimum Gasteiger partial charge on any atom is -0.493 e. The number of anilines is 1. The fraction of sp³-hybridized carbons (Fsp3) is 0.615. The molecular weight excluding hydrogens is 230 g/mol. The van der Waals surface area contributed by atoms with E-state index in [1.54, 1.807) is 13.3 Å². The molecule has 0 aliphatic heterocycles. The molecule has 1 aromatic heterocycles. The second-order valence-corrected chi connectivity index (χ2v) is 4.59. The molecule has 2 rings (SSSR count). The maximum atomic E-state index is 6.02. The maximum absolute atomic E-state index is 6.02. The van der Waals surface area contributed by atoms with Crippen LogP contribution in [0.4, 0.5) is 5.69 Å². The molecule has 5 heteroatoms. The molecule has 0 saturated heterocycles. The van der Waals surface area contributed by atoms with Crippen molar-refractivity contribution in [1.29, 1.82) is 0 Å². The summed E-state index contributed by atoms with van der Waals surface area (Å²) in [6.45, 7) is 4.66. The Balaban J connectivity index is 2.10. The van der Waals surface area contributed by atoms with Gasteiger partial charge in [-0.3, -0.25) is 4.98 Å². The lowest BCUT2D eigenvalue weighted by molar-refractivity contribution is -0.0126. The molecule has 1 heterocycles. The average molecular weight is 251 g/mol. The fourth-order valence-electron chi connectivity index (χ4n) is 2.23. The second kappa shape index (κ2) is 5.54. The number of hydrogen-bond donors (Lipinski definition) is 2. The van der Waals surface area contributed by atoms with Gasteiger partial charge in [0.25, 0.3) is 0 Å². The highest BCUT2D eigenvalue weighted by Crippen LogP contribution is 2.30. The number of methoxy groups -OCH3 is 1. The van der Waals surface area contributed by atoms with Gasteiger partial charge in [0.1, 0.15) is 0 Å². The van der Waals surface area contributed by atoms with Crippen LogP contribution in [0.1, 0.15) is 19.0 Å². The van der Waals surface area contributed by atoms with Gasteiger partial charge in [-0.2, -0.15) is 0 Å². The molecule has 0 radical (unpaired) electrons. The number of ether oxygens (including phenoxy) is 2. The second-order valence-electron chi connectivity index (χ2n) is 4.59. The largest absolute Gasteiger partial charge is 0.493 e. The van der Waals surface area contributed by atoms with Crippen LogP contribution in [0.2, 0.25) is 0 Å². The van der Waals surface area contributed by atoms with Gasteiger partial charge >= 0.3 is 0 Å². The summed E-state index contributed by atoms with van der Waals surface area (Å²) in [6.07, 6.45) is 2.80. The van der Waals surface area contributed by atoms with Gasteiger partial charge in [-0.25, -0.2) is 0 Å². The smallest absolute Gasteiger partial charge is 0.160 e. The Kier molecular flexibility index (Phi) is 4.04. The van der Waals surface area contributed by atoms with E-state index in [1.807, 2.05) is 19.9 Å². The van der Waals surface area contributed by atoms with Crippen molar-refractivity contribution in [3.8, 4) is 5.75 Å². The van der Waals surface area contributed by atoms with Gasteiger partial charge in [-0.15, -0.1) is 0 Å². The molecule has 100 valence electrons. The molecule has 1 saturated carbocycles. The lowest BCUT2D eigenvalue weighted by Crippen LogP contribution is -2.60. The Bertz CT molecular complexity index is 409. The Labute approximate surface area is 108 Å². The Morgan fingerprint density at radius 2 is 2.33 bits per heavy atom. The van der Waals surface area contributed by atoms with E-state index in [0.29, 0.717) is 6.61 Å². The number of aryl methyl sites for hydroxylation is 1. The van der Waals surface area contributed by atoms with Crippen LogP contribution in [-0.2, 0) is 4.74 Å². The number of pyridine rings is 1. The monoisotopic (exact) mass is 251 g/mol. The van der Waals surface area contributed by atoms with Gasteiger partial charge in [-0.1, -0.05) is 0 Å². The zero-order chi connectivity index (χ0) is 13.1. The quantitative estimate of drug-likeness (QED) is 0.826. The van der Waals surface area contributed by atoms with Gasteiger partial charge in [-0.05, 0) is 26.3 Å². The van der Waals surface area contributed by atoms with Crippen LogP contribution in [0, 0.1) is 6.92 Å². The molecule has 0 aromatic carbocycles. The van der Waals surface area contributed by atoms with E-state index < -0.39 is 0 Å². The van der Waals surface area contributed by atoms with Gasteiger partial charge in [0.2, 0.25) is 0 Å². The Morgan fingerprint density at radius 1 is 1.56 bits per heavy atom. The van der Waals surface area contributed by atoms with Crippen molar-refractivity contribution >= 4 is 5.69 Å². The summed E-state index contributed by atoms with van der Waals surface area (Å²) < 4.78 is 10.9. The van der Waals surface area contributed by atoms with Crippen molar-refractivity contribution in [1.82, 2.24) is 4.98 Å². The standard InChI is InChI=1S/C13H21N3O2/c1-4-18-11-6-9(14)13(11)16-10-5-8(2)15-7-12(10)17-3/h5,7,9,11,13H,4,6,14H2,1-3H3,(H,15,16). The van der Waals surface area contributed by atoms with Gasteiger partial charge in [0.15, 0.2) is 5.75 Å². The third-order valence-electron chi connectivity index (χ3n) is 3.29. The fourth-order valence-corrected chi connectivity index (χ4v) is 2.23. The highest BCUT2D eigenvalue weighted by atomic mass is 16.5. The Morgan fingerprint density at radius 3 is 2.94 bits per heavy atom. The molecule has 0 bridgehead atoms. The van der Waals surface area contributed by atoms with Crippen molar-refractivity contribution in [2.24, 2.45) is 5.73 Å². The first kappa shape index (κ1) is 13.1. The predicted molar refractivity (Wildman–Crippen MR) is 70.9 cm³/mol. The number of aromatic nitrogens is 1. The minimum atomic E-state index is 0.125. The van der Waals surface area contributed by atoms with E-state index >= 15 is 0 Å². The van der Waals surface area contributed by atoms with Crippen molar-refractivity contribution in [3.05, 3.63) is 18.0 Å². The molecule has 3 atom stereocenters. The minimum absolute atomic E-state index is 0.125. The van der Waals surface area contributed by atoms with E-state index in [0.717, 1.165) is 23.6 Å². The number of rotatable bonds is 5. The summed E-state index contributed by atoms with van der Waals surface area (Å²) in [6, 6.07) is 2.23. The molecule has 0 amide bonds. The zero-order valence-corrected chi connectivity index (χ0v) is 11.1. The first-order chi connectivity index (χ1) is 8.65. The van der Waals surface area contributed by atoms with Crippen molar-refractivity contribution in [2.45, 2.75) is 38.5 Å². The van der Waals surface area contributed by atoms with Crippen LogP contribution in [0.3, 0.4) is 0 Å². The molecule has 1 aliphatic carbocycles. The molecule has 5 nitrogen and oxygen atoms in total. The molecular formula is C13H21N3O2. The first-order valence-electron chi connectivity index (χ1n) is 6.30. The summed E-state index contributed by atoms with van der Waals surface area (Å²) >= 11 is 0. The van der Waals surface area contributed by atoms with Crippen LogP contribution in [0.15, 0.2) is 12.3 Å². The summed E-state index contributed by atoms with van der Waals surface area (Å²) in [7, 11) is 1.64. The van der Waals surface area contributed by atoms with Gasteiger partial charge in [0, 0.05) is 18.3 Å². The highest BCUT2D eigenvalue weighted by Gasteiger charge is 2.39. The molecule has 3 N–H and O–H groups in total. The molecule has 1 aromatic rings. The van der Waals surface area contributed by atoms with Gasteiger partial charge < -0.3 is 20.5 Å². The van der Waals surface area contributed by atoms with Crippen molar-refractivity contribution in [3.63, 3.8) is 0 Å². The average Bonchev–Trinajstić information content (AvgIpc) is 2.36. The maximum Gasteiger partial charge on any atom is 0.160 e. The predicted octanol–water partition coefficient (Wildman–Crippen LogP) is 1.32. The number of nitrogens with zero attached hydrogens (tertiary/aromatic N) is 1. The molecule has 0 spiro atoms. The first-order valence-corrected chi connectivity index (χ1v) is 6.30. The van der Waals surface area contributed by atoms with E-state index in [-0.39, 0.29) is 18.2 Å². The van der Waals surface area contributed by atoms with E-state index in [9.17, 15) is 0 Å². The summed E-state index contributed by atoms with van der Waals surface area (Å²) in [4.78, 5) is 4.21. The third kappa shape index (κ3) is 2.57. The highest BCUT2D eigenvalue weighted by molar-refractivity contribution is 5.57. The molecule has 1 aliphatic rings. The van der Waals surface area contributed by atoms with Crippen LogP contribution in [0.25, 0.3) is 0 Å². The van der Waals surface area contributed by atoms with Crippen LogP contribution >= 0.6 is 0 Å². The van der Waals surface area contributed by atoms with Crippen LogP contribution < -0.4 is 15.8 Å². The lowest BCUT2D eigenvalue weighted by atomic mass is 9.83. The summed E-state index contributed by atoms with van der Waals surface area (Å²) in [5.41, 5.74) is 7.89. The summed E-state index contributed by atoms with van der Waals surface area (Å²) in [5.74, 6) is 0.731. The van der Waals surface area contributed by atoms with Gasteiger partial charge in [0.05, 0.1) is 31.1 Å². The molecule has 1 fully saturated rings. The summed E-state index contributed by atoms with van der Waals surface area (Å²) in [5, 5.41) is 3.41. The lowest BCUT2D eigenvalue weighted by Gasteiger charge is -2.43. The van der Waals surface area contributed by atoms with E-state index in [1.165, 1.54) is 0 Å². The molecule has 18 heavy (non-hydrogen) atoms. The Hall–Kier alpha value is -1.33. The van der Waals surface area contributed by atoms with E-state index in [4.69, 9.17) is 15.2 Å². The van der Waals surface area contributed by atoms with E-state index in [2.05, 4.69) is 10.3 Å². The van der Waals surface area contributed by atoms with Crippen LogP contribution in [-0.4, -0.2) is 36.9 Å². The zero-order valence-electron chi connectivity index (χ0n) is 11.1. The normalized spacial score (nSPS) is 26.6. The number of hydrogen-bond acceptors (Lipinski definition) is 5. The third-order valence-corrected chi connectivity index (χ3v) is 3.29. The van der Waals surface area contributed by atoms with Crippen molar-refractivity contribution in [2.75, 3.05) is 19.0 Å².